The van der Waals surface area contributed by atoms with E-state index in [0.717, 1.165) is 19.3 Å². The molecule has 0 amide bonds. The molecular weight excluding hydrogens is 300 g/mol. The lowest BCUT2D eigenvalue weighted by molar-refractivity contribution is 1.02. The molecule has 25 heavy (non-hydrogen) atoms. The number of hydrogen-bond donors (Lipinski definition) is 0. The number of aryl methyl sites for hydroxylation is 3. The Morgan fingerprint density at radius 2 is 1.40 bits per heavy atom. The SMILES string of the molecule is C=C/C=C/Cc1c2cc(C)ccc2c(CCC=C)c2cc(C)ccc12. The molecule has 0 saturated carbocycles. The van der Waals surface area contributed by atoms with E-state index in [1.807, 2.05) is 18.2 Å². The summed E-state index contributed by atoms with van der Waals surface area (Å²) in [5.41, 5.74) is 5.48. The number of fused-ring (bicyclic) bond motifs is 2. The third kappa shape index (κ3) is 3.44. The number of allylic oxidation sites excluding steroid dienone is 4. The third-order valence-corrected chi connectivity index (χ3v) is 4.84. The first-order valence-corrected chi connectivity index (χ1v) is 8.98. The molecule has 0 bridgehead atoms. The fraction of sp³-hybridized carbons (Fsp3) is 0.200. The third-order valence-electron chi connectivity index (χ3n) is 4.84. The summed E-state index contributed by atoms with van der Waals surface area (Å²) in [4.78, 5) is 0. The van der Waals surface area contributed by atoms with Gasteiger partial charge in [0.05, 0.1) is 0 Å². The first-order valence-electron chi connectivity index (χ1n) is 8.98. The van der Waals surface area contributed by atoms with Gasteiger partial charge in [0.1, 0.15) is 0 Å². The van der Waals surface area contributed by atoms with E-state index in [0.29, 0.717) is 0 Å². The molecule has 0 aliphatic heterocycles. The quantitative estimate of drug-likeness (QED) is 0.259. The van der Waals surface area contributed by atoms with Crippen molar-refractivity contribution in [3.63, 3.8) is 0 Å². The van der Waals surface area contributed by atoms with Gasteiger partial charge in [-0.1, -0.05) is 78.4 Å². The Morgan fingerprint density at radius 3 is 2.00 bits per heavy atom. The molecule has 0 atom stereocenters. The molecule has 0 unspecified atom stereocenters. The van der Waals surface area contributed by atoms with Gasteiger partial charge in [-0.3, -0.25) is 0 Å². The van der Waals surface area contributed by atoms with Crippen LogP contribution in [0.3, 0.4) is 0 Å². The van der Waals surface area contributed by atoms with Crippen LogP contribution in [-0.4, -0.2) is 0 Å². The number of rotatable bonds is 6. The van der Waals surface area contributed by atoms with Crippen LogP contribution >= 0.6 is 0 Å². The summed E-state index contributed by atoms with van der Waals surface area (Å²) in [5, 5.41) is 5.52. The summed E-state index contributed by atoms with van der Waals surface area (Å²) < 4.78 is 0. The van der Waals surface area contributed by atoms with E-state index >= 15 is 0 Å². The maximum Gasteiger partial charge on any atom is -0.00820 e. The first-order chi connectivity index (χ1) is 12.2. The molecule has 3 rings (SSSR count). The van der Waals surface area contributed by atoms with E-state index in [1.54, 1.807) is 0 Å². The van der Waals surface area contributed by atoms with Crippen LogP contribution in [0, 0.1) is 13.8 Å². The van der Waals surface area contributed by atoms with Crippen LogP contribution in [0.4, 0.5) is 0 Å². The lowest BCUT2D eigenvalue weighted by Crippen LogP contribution is -1.96. The van der Waals surface area contributed by atoms with Gasteiger partial charge in [0.15, 0.2) is 0 Å². The van der Waals surface area contributed by atoms with E-state index < -0.39 is 0 Å². The van der Waals surface area contributed by atoms with Gasteiger partial charge in [0.25, 0.3) is 0 Å². The van der Waals surface area contributed by atoms with Crippen molar-refractivity contribution in [2.45, 2.75) is 33.1 Å². The number of benzene rings is 3. The van der Waals surface area contributed by atoms with E-state index in [-0.39, 0.29) is 0 Å². The molecule has 0 aliphatic carbocycles. The van der Waals surface area contributed by atoms with E-state index in [2.05, 4.69) is 69.5 Å². The predicted molar refractivity (Wildman–Crippen MR) is 112 cm³/mol. The van der Waals surface area contributed by atoms with Crippen molar-refractivity contribution < 1.29 is 0 Å². The minimum atomic E-state index is 0.924. The van der Waals surface area contributed by atoms with Crippen LogP contribution in [0.5, 0.6) is 0 Å². The maximum atomic E-state index is 3.92. The van der Waals surface area contributed by atoms with Gasteiger partial charge < -0.3 is 0 Å². The second kappa shape index (κ2) is 7.53. The van der Waals surface area contributed by atoms with Crippen LogP contribution < -0.4 is 0 Å². The lowest BCUT2D eigenvalue weighted by atomic mass is 9.87. The Bertz CT molecular complexity index is 970. The molecule has 0 nitrogen and oxygen atoms in total. The highest BCUT2D eigenvalue weighted by molar-refractivity contribution is 6.06. The minimum Gasteiger partial charge on any atom is -0.103 e. The second-order valence-electron chi connectivity index (χ2n) is 6.75. The topological polar surface area (TPSA) is 0 Å². The van der Waals surface area contributed by atoms with Gasteiger partial charge >= 0.3 is 0 Å². The molecule has 3 aromatic carbocycles. The van der Waals surface area contributed by atoms with Crippen molar-refractivity contribution in [2.75, 3.05) is 0 Å². The molecule has 0 fully saturated rings. The Labute approximate surface area is 151 Å². The second-order valence-corrected chi connectivity index (χ2v) is 6.75. The fourth-order valence-electron chi connectivity index (χ4n) is 3.65. The summed E-state index contributed by atoms with van der Waals surface area (Å²) in [5.74, 6) is 0. The maximum absolute atomic E-state index is 3.92. The van der Waals surface area contributed by atoms with Gasteiger partial charge in [0, 0.05) is 0 Å². The molecule has 0 N–H and O–H groups in total. The van der Waals surface area contributed by atoms with E-state index in [1.165, 1.54) is 43.8 Å². The molecule has 0 heteroatoms. The molecule has 3 aromatic rings. The van der Waals surface area contributed by atoms with Crippen LogP contribution in [0.25, 0.3) is 21.5 Å². The normalized spacial score (nSPS) is 11.4. The zero-order valence-electron chi connectivity index (χ0n) is 15.3. The zero-order chi connectivity index (χ0) is 17.8. The van der Waals surface area contributed by atoms with Crippen molar-refractivity contribution in [2.24, 2.45) is 0 Å². The highest BCUT2D eigenvalue weighted by Gasteiger charge is 2.13. The van der Waals surface area contributed by atoms with Crippen LogP contribution in [0.1, 0.15) is 28.7 Å². The van der Waals surface area contributed by atoms with Crippen LogP contribution in [0.15, 0.2) is 73.9 Å². The predicted octanol–water partition coefficient (Wildman–Crippen LogP) is 7.01. The van der Waals surface area contributed by atoms with Crippen molar-refractivity contribution >= 4 is 21.5 Å². The summed E-state index contributed by atoms with van der Waals surface area (Å²) >= 11 is 0. The lowest BCUT2D eigenvalue weighted by Gasteiger charge is -2.17. The average Bonchev–Trinajstić information content (AvgIpc) is 2.60. The van der Waals surface area contributed by atoms with E-state index in [9.17, 15) is 0 Å². The number of hydrogen-bond acceptors (Lipinski definition) is 0. The molecule has 0 spiro atoms. The van der Waals surface area contributed by atoms with Crippen molar-refractivity contribution in [3.8, 4) is 0 Å². The van der Waals surface area contributed by atoms with Crippen molar-refractivity contribution in [1.29, 1.82) is 0 Å². The summed E-state index contributed by atoms with van der Waals surface area (Å²) in [7, 11) is 0. The molecule has 0 aromatic heterocycles. The largest absolute Gasteiger partial charge is 0.103 e. The van der Waals surface area contributed by atoms with Crippen molar-refractivity contribution in [1.82, 2.24) is 0 Å². The Balaban J connectivity index is 2.40. The zero-order valence-corrected chi connectivity index (χ0v) is 15.3. The monoisotopic (exact) mass is 326 g/mol. The standard InChI is InChI=1S/C25H26/c1-5-7-9-11-21-23-15-13-18(3)16-24(23)20(10-8-6-2)22-14-12-19(4)17-25(21)22/h5-7,9,12-17H,1-2,8,10-11H2,3-4H3/b9-7+. The van der Waals surface area contributed by atoms with Gasteiger partial charge in [-0.15, -0.1) is 6.58 Å². The molecule has 126 valence electrons. The smallest absolute Gasteiger partial charge is 0.00820 e. The van der Waals surface area contributed by atoms with Gasteiger partial charge in [0.2, 0.25) is 0 Å². The van der Waals surface area contributed by atoms with Gasteiger partial charge in [-0.05, 0) is 65.8 Å². The summed E-state index contributed by atoms with van der Waals surface area (Å²) in [6.45, 7) is 12.1. The Hall–Kier alpha value is -2.60. The summed E-state index contributed by atoms with van der Waals surface area (Å²) in [6.07, 6.45) is 11.1. The molecule has 0 aliphatic rings. The molecular formula is C25H26. The highest BCUT2D eigenvalue weighted by Crippen LogP contribution is 2.35. The molecule has 0 radical (unpaired) electrons. The van der Waals surface area contributed by atoms with Gasteiger partial charge in [-0.25, -0.2) is 0 Å². The Morgan fingerprint density at radius 1 is 0.800 bits per heavy atom. The molecule has 0 heterocycles. The molecule has 0 saturated heterocycles. The van der Waals surface area contributed by atoms with E-state index in [4.69, 9.17) is 0 Å². The van der Waals surface area contributed by atoms with Crippen molar-refractivity contribution in [3.05, 3.63) is 96.1 Å². The van der Waals surface area contributed by atoms with Crippen LogP contribution in [0.2, 0.25) is 0 Å². The van der Waals surface area contributed by atoms with Crippen LogP contribution in [-0.2, 0) is 12.8 Å². The highest BCUT2D eigenvalue weighted by atomic mass is 14.2. The summed E-state index contributed by atoms with van der Waals surface area (Å²) in [6, 6.07) is 13.7. The fourth-order valence-corrected chi connectivity index (χ4v) is 3.65. The average molecular weight is 326 g/mol. The Kier molecular flexibility index (Phi) is 5.19. The first kappa shape index (κ1) is 17.2. The van der Waals surface area contributed by atoms with Gasteiger partial charge in [-0.2, -0.15) is 0 Å². The minimum absolute atomic E-state index is 0.924.